The summed E-state index contributed by atoms with van der Waals surface area (Å²) >= 11 is 1.28. The van der Waals surface area contributed by atoms with Crippen molar-refractivity contribution in [1.29, 1.82) is 0 Å². The highest BCUT2D eigenvalue weighted by Gasteiger charge is 2.29. The van der Waals surface area contributed by atoms with Gasteiger partial charge in [0, 0.05) is 12.2 Å². The normalized spacial score (nSPS) is 15.5. The van der Waals surface area contributed by atoms with Gasteiger partial charge in [-0.3, -0.25) is 9.69 Å². The van der Waals surface area contributed by atoms with Gasteiger partial charge in [-0.1, -0.05) is 11.3 Å². The monoisotopic (exact) mass is 488 g/mol. The second-order valence-corrected chi connectivity index (χ2v) is 8.77. The molecule has 0 spiro atoms. The topological polar surface area (TPSA) is 70.1 Å². The number of thiazole rings is 1. The summed E-state index contributed by atoms with van der Waals surface area (Å²) in [5.74, 6) is 0.766. The molecule has 0 bridgehead atoms. The number of ether oxygens (including phenoxy) is 4. The number of hydrogen-bond acceptors (Lipinski definition) is 7. The first kappa shape index (κ1) is 24.2. The molecule has 1 amide bonds. The number of halogens is 1. The summed E-state index contributed by atoms with van der Waals surface area (Å²) in [6.45, 7) is 7.89. The smallest absolute Gasteiger partial charge is 0.260 e. The van der Waals surface area contributed by atoms with E-state index < -0.39 is 0 Å². The van der Waals surface area contributed by atoms with Crippen LogP contribution in [0.15, 0.2) is 30.3 Å². The Balaban J connectivity index is 1.76. The van der Waals surface area contributed by atoms with Gasteiger partial charge in [0.25, 0.3) is 5.91 Å². The van der Waals surface area contributed by atoms with Gasteiger partial charge in [0.15, 0.2) is 16.6 Å². The molecule has 182 valence electrons. The molecule has 7 nitrogen and oxygen atoms in total. The van der Waals surface area contributed by atoms with Gasteiger partial charge in [-0.05, 0) is 63.9 Å². The second-order valence-electron chi connectivity index (χ2n) is 7.76. The predicted molar refractivity (Wildman–Crippen MR) is 130 cm³/mol. The molecule has 2 aromatic carbocycles. The molecule has 1 unspecified atom stereocenters. The third-order valence-electron chi connectivity index (χ3n) is 5.38. The zero-order valence-electron chi connectivity index (χ0n) is 19.6. The van der Waals surface area contributed by atoms with Crippen molar-refractivity contribution < 1.29 is 28.1 Å². The van der Waals surface area contributed by atoms with Gasteiger partial charge in [-0.15, -0.1) is 0 Å². The molecular formula is C25H29FN2O5S. The first-order chi connectivity index (χ1) is 16.5. The molecule has 3 aromatic rings. The van der Waals surface area contributed by atoms with E-state index >= 15 is 0 Å². The van der Waals surface area contributed by atoms with E-state index in [9.17, 15) is 9.18 Å². The van der Waals surface area contributed by atoms with Crippen molar-refractivity contribution in [2.45, 2.75) is 39.7 Å². The summed E-state index contributed by atoms with van der Waals surface area (Å²) in [6, 6.07) is 7.77. The molecule has 1 fully saturated rings. The number of nitrogens with zero attached hydrogens (tertiary/aromatic N) is 2. The highest BCUT2D eigenvalue weighted by molar-refractivity contribution is 7.22. The maximum absolute atomic E-state index is 13.9. The molecule has 0 N–H and O–H groups in total. The van der Waals surface area contributed by atoms with Crippen LogP contribution in [0.4, 0.5) is 9.52 Å². The molecule has 34 heavy (non-hydrogen) atoms. The van der Waals surface area contributed by atoms with Crippen LogP contribution in [0.2, 0.25) is 0 Å². The van der Waals surface area contributed by atoms with E-state index in [1.807, 2.05) is 20.8 Å². The van der Waals surface area contributed by atoms with Crippen LogP contribution in [0.3, 0.4) is 0 Å². The molecule has 0 saturated carbocycles. The molecule has 1 atom stereocenters. The third kappa shape index (κ3) is 5.26. The van der Waals surface area contributed by atoms with Crippen molar-refractivity contribution in [1.82, 2.24) is 4.98 Å². The maximum atomic E-state index is 13.9. The molecule has 0 aliphatic carbocycles. The minimum Gasteiger partial charge on any atom is -0.490 e. The number of anilines is 1. The fourth-order valence-corrected chi connectivity index (χ4v) is 4.91. The lowest BCUT2D eigenvalue weighted by atomic mass is 10.1. The fraction of sp³-hybridized carbons (Fsp3) is 0.440. The molecule has 1 aliphatic rings. The molecule has 1 saturated heterocycles. The van der Waals surface area contributed by atoms with Crippen molar-refractivity contribution in [3.63, 3.8) is 0 Å². The second kappa shape index (κ2) is 11.0. The number of carbonyl (C=O) groups is 1. The van der Waals surface area contributed by atoms with Gasteiger partial charge in [-0.2, -0.15) is 0 Å². The van der Waals surface area contributed by atoms with Gasteiger partial charge in [0.1, 0.15) is 5.82 Å². The van der Waals surface area contributed by atoms with E-state index in [2.05, 4.69) is 4.98 Å². The molecule has 1 aromatic heterocycles. The molecule has 2 heterocycles. The molecule has 9 heteroatoms. The van der Waals surface area contributed by atoms with Gasteiger partial charge in [-0.25, -0.2) is 9.37 Å². The quantitative estimate of drug-likeness (QED) is 0.378. The molecule has 1 aliphatic heterocycles. The average Bonchev–Trinajstić information content (AvgIpc) is 3.48. The molecular weight excluding hydrogens is 459 g/mol. The van der Waals surface area contributed by atoms with Crippen molar-refractivity contribution in [2.24, 2.45) is 0 Å². The van der Waals surface area contributed by atoms with Crippen molar-refractivity contribution in [2.75, 3.05) is 37.9 Å². The van der Waals surface area contributed by atoms with Crippen molar-refractivity contribution in [3.8, 4) is 17.2 Å². The summed E-state index contributed by atoms with van der Waals surface area (Å²) in [5.41, 5.74) is 1.03. The highest BCUT2D eigenvalue weighted by Crippen LogP contribution is 2.40. The van der Waals surface area contributed by atoms with Crippen LogP contribution >= 0.6 is 11.3 Å². The zero-order valence-corrected chi connectivity index (χ0v) is 20.5. The Morgan fingerprint density at radius 1 is 1.12 bits per heavy atom. The van der Waals surface area contributed by atoms with E-state index in [4.69, 9.17) is 18.9 Å². The van der Waals surface area contributed by atoms with Crippen LogP contribution in [-0.4, -0.2) is 50.0 Å². The zero-order chi connectivity index (χ0) is 24.1. The number of fused-ring (bicyclic) bond motifs is 1. The van der Waals surface area contributed by atoms with Gasteiger partial charge >= 0.3 is 0 Å². The number of benzene rings is 2. The lowest BCUT2D eigenvalue weighted by Gasteiger charge is -2.24. The minimum atomic E-state index is -0.339. The molecule has 0 radical (unpaired) electrons. The first-order valence-electron chi connectivity index (χ1n) is 11.6. The highest BCUT2D eigenvalue weighted by atomic mass is 32.1. The lowest BCUT2D eigenvalue weighted by Crippen LogP contribution is -2.37. The fourth-order valence-electron chi connectivity index (χ4n) is 3.91. The largest absolute Gasteiger partial charge is 0.490 e. The lowest BCUT2D eigenvalue weighted by molar-refractivity contribution is 0.0916. The van der Waals surface area contributed by atoms with E-state index in [1.165, 1.54) is 23.5 Å². The standard InChI is InChI=1S/C25H29FN2O5S/c1-4-30-20-12-16(13-21(31-5-2)23(20)32-6-3)24(29)28(15-18-8-7-11-33-18)25-27-19-10-9-17(26)14-22(19)34-25/h9-10,12-14,18H,4-8,11,15H2,1-3H3. The van der Waals surface area contributed by atoms with Crippen LogP contribution in [0.1, 0.15) is 44.0 Å². The Hall–Kier alpha value is -2.91. The maximum Gasteiger partial charge on any atom is 0.260 e. The molecule has 4 rings (SSSR count). The SMILES string of the molecule is CCOc1cc(C(=O)N(CC2CCCO2)c2nc3ccc(F)cc3s2)cc(OCC)c1OCC. The Kier molecular flexibility index (Phi) is 7.84. The average molecular weight is 489 g/mol. The van der Waals surface area contributed by atoms with Crippen LogP contribution in [0.25, 0.3) is 10.2 Å². The van der Waals surface area contributed by atoms with Gasteiger partial charge in [0.2, 0.25) is 5.75 Å². The number of amides is 1. The third-order valence-corrected chi connectivity index (χ3v) is 6.42. The van der Waals surface area contributed by atoms with Gasteiger partial charge in [0.05, 0.1) is 42.7 Å². The first-order valence-corrected chi connectivity index (χ1v) is 12.4. The summed E-state index contributed by atoms with van der Waals surface area (Å²) in [6.07, 6.45) is 1.72. The number of hydrogen-bond donors (Lipinski definition) is 0. The Bertz CT molecular complexity index is 1120. The van der Waals surface area contributed by atoms with Gasteiger partial charge < -0.3 is 18.9 Å². The van der Waals surface area contributed by atoms with Crippen LogP contribution in [0, 0.1) is 5.82 Å². The Labute approximate surface area is 202 Å². The Morgan fingerprint density at radius 3 is 2.44 bits per heavy atom. The number of aromatic nitrogens is 1. The summed E-state index contributed by atoms with van der Waals surface area (Å²) in [5, 5.41) is 0.492. The van der Waals surface area contributed by atoms with Crippen LogP contribution in [-0.2, 0) is 4.74 Å². The number of carbonyl (C=O) groups excluding carboxylic acids is 1. The van der Waals surface area contributed by atoms with Crippen molar-refractivity contribution >= 4 is 32.6 Å². The van der Waals surface area contributed by atoms with E-state index in [1.54, 1.807) is 23.1 Å². The van der Waals surface area contributed by atoms with Crippen LogP contribution < -0.4 is 19.1 Å². The summed E-state index contributed by atoms with van der Waals surface area (Å²) < 4.78 is 37.6. The predicted octanol–water partition coefficient (Wildman–Crippen LogP) is 5.46. The van der Waals surface area contributed by atoms with Crippen LogP contribution in [0.5, 0.6) is 17.2 Å². The Morgan fingerprint density at radius 2 is 1.82 bits per heavy atom. The van der Waals surface area contributed by atoms with Crippen molar-refractivity contribution in [3.05, 3.63) is 41.7 Å². The summed E-state index contributed by atoms with van der Waals surface area (Å²) in [7, 11) is 0. The number of rotatable bonds is 10. The van der Waals surface area contributed by atoms with E-state index in [0.717, 1.165) is 12.8 Å². The van der Waals surface area contributed by atoms with E-state index in [0.29, 0.717) is 71.1 Å². The summed E-state index contributed by atoms with van der Waals surface area (Å²) in [4.78, 5) is 20.1. The minimum absolute atomic E-state index is 0.0897. The van der Waals surface area contributed by atoms with E-state index in [-0.39, 0.29) is 17.8 Å².